The molecule has 156 valence electrons. The van der Waals surface area contributed by atoms with Crippen LogP contribution in [0.25, 0.3) is 33.1 Å². The maximum Gasteiger partial charge on any atom is 0.197 e. The quantitative estimate of drug-likeness (QED) is 0.433. The van der Waals surface area contributed by atoms with Gasteiger partial charge in [-0.15, -0.1) is 0 Å². The molecular formula is C21H19ClFN3O4. The Labute approximate surface area is 176 Å². The molecule has 0 saturated carbocycles. The minimum atomic E-state index is -0.614. The third-order valence-electron chi connectivity index (χ3n) is 4.82. The maximum absolute atomic E-state index is 15.7. The van der Waals surface area contributed by atoms with E-state index in [9.17, 15) is 5.11 Å². The smallest absolute Gasteiger partial charge is 0.197 e. The average molecular weight is 432 g/mol. The molecule has 2 aromatic heterocycles. The Kier molecular flexibility index (Phi) is 5.36. The first-order valence-electron chi connectivity index (χ1n) is 9.11. The summed E-state index contributed by atoms with van der Waals surface area (Å²) in [7, 11) is 2.93. The Bertz CT molecular complexity index is 1260. The van der Waals surface area contributed by atoms with Crippen LogP contribution in [0.3, 0.4) is 0 Å². The normalized spacial score (nSPS) is 11.4. The number of methoxy groups -OCH3 is 2. The van der Waals surface area contributed by atoms with Crippen LogP contribution in [0.15, 0.2) is 24.3 Å². The van der Waals surface area contributed by atoms with Crippen molar-refractivity contribution in [2.24, 2.45) is 0 Å². The second-order valence-corrected chi connectivity index (χ2v) is 7.05. The Morgan fingerprint density at radius 1 is 1.17 bits per heavy atom. The number of nitrogens with one attached hydrogen (secondary N) is 1. The van der Waals surface area contributed by atoms with Crippen LogP contribution in [-0.2, 0) is 4.74 Å². The highest BCUT2D eigenvalue weighted by molar-refractivity contribution is 6.32. The van der Waals surface area contributed by atoms with E-state index < -0.39 is 5.82 Å². The molecule has 2 heterocycles. The Hall–Kier alpha value is -3.10. The molecule has 0 fully saturated rings. The summed E-state index contributed by atoms with van der Waals surface area (Å²) in [5.74, 6) is -0.471. The first kappa shape index (κ1) is 20.2. The van der Waals surface area contributed by atoms with Crippen LogP contribution in [0, 0.1) is 12.7 Å². The summed E-state index contributed by atoms with van der Waals surface area (Å²) in [5.41, 5.74) is 2.03. The lowest BCUT2D eigenvalue weighted by Gasteiger charge is -2.16. The summed E-state index contributed by atoms with van der Waals surface area (Å²) >= 11 is 6.08. The van der Waals surface area contributed by atoms with Crippen LogP contribution >= 0.6 is 11.6 Å². The Morgan fingerprint density at radius 2 is 1.97 bits per heavy atom. The van der Waals surface area contributed by atoms with Crippen LogP contribution in [0.1, 0.15) is 5.69 Å². The van der Waals surface area contributed by atoms with E-state index in [1.165, 1.54) is 19.2 Å². The lowest BCUT2D eigenvalue weighted by atomic mass is 9.99. The fourth-order valence-electron chi connectivity index (χ4n) is 3.42. The highest BCUT2D eigenvalue weighted by atomic mass is 35.5. The second-order valence-electron chi connectivity index (χ2n) is 6.64. The molecule has 0 aliphatic rings. The number of phenolic OH excluding ortho intramolecular Hbond substituents is 1. The number of hydrogen-bond donors (Lipinski definition) is 2. The topological polar surface area (TPSA) is 89.5 Å². The molecule has 0 bridgehead atoms. The van der Waals surface area contributed by atoms with Gasteiger partial charge in [-0.25, -0.2) is 9.37 Å². The van der Waals surface area contributed by atoms with Crippen LogP contribution in [0.4, 0.5) is 4.39 Å². The van der Waals surface area contributed by atoms with E-state index >= 15 is 4.39 Å². The number of pyridine rings is 1. The molecule has 0 spiro atoms. The lowest BCUT2D eigenvalue weighted by molar-refractivity contribution is 0.144. The summed E-state index contributed by atoms with van der Waals surface area (Å²) in [6, 6.07) is 6.30. The molecule has 9 heteroatoms. The van der Waals surface area contributed by atoms with Gasteiger partial charge in [0, 0.05) is 28.8 Å². The summed E-state index contributed by atoms with van der Waals surface area (Å²) in [6.45, 7) is 2.39. The van der Waals surface area contributed by atoms with Gasteiger partial charge in [-0.3, -0.25) is 5.10 Å². The van der Waals surface area contributed by atoms with E-state index in [1.54, 1.807) is 19.2 Å². The fourth-order valence-corrected chi connectivity index (χ4v) is 3.60. The predicted octanol–water partition coefficient (Wildman–Crippen LogP) is 4.62. The summed E-state index contributed by atoms with van der Waals surface area (Å²) in [4.78, 5) is 4.59. The molecule has 0 aliphatic heterocycles. The standard InChI is InChI=1S/C21H19ClFN3O4/c1-10-16-12-9-15(30-7-6-28-2)20(29-3)18(23)17(12)19(24-21(16)26-25-10)11-4-5-14(27)13(22)8-11/h4-5,8-9,27H,6-7H2,1-3H3,(H,24,25,26). The molecule has 0 saturated heterocycles. The van der Waals surface area contributed by atoms with Gasteiger partial charge in [0.05, 0.1) is 30.1 Å². The Morgan fingerprint density at radius 3 is 2.67 bits per heavy atom. The van der Waals surface area contributed by atoms with Crippen molar-refractivity contribution in [3.8, 4) is 28.5 Å². The summed E-state index contributed by atoms with van der Waals surface area (Å²) < 4.78 is 31.8. The molecule has 0 atom stereocenters. The molecule has 4 aromatic rings. The van der Waals surface area contributed by atoms with E-state index in [1.807, 2.05) is 6.92 Å². The number of nitrogens with zero attached hydrogens (tertiary/aromatic N) is 2. The van der Waals surface area contributed by atoms with E-state index in [-0.39, 0.29) is 34.3 Å². The number of hydrogen-bond acceptors (Lipinski definition) is 6. The molecular weight excluding hydrogens is 413 g/mol. The summed E-state index contributed by atoms with van der Waals surface area (Å²) in [5, 5.41) is 18.5. The Balaban J connectivity index is 2.08. The maximum atomic E-state index is 15.7. The van der Waals surface area contributed by atoms with Crippen LogP contribution in [-0.4, -0.2) is 47.7 Å². The third kappa shape index (κ3) is 3.28. The number of halogens is 2. The van der Waals surface area contributed by atoms with Crippen molar-refractivity contribution in [3.63, 3.8) is 0 Å². The molecule has 0 aliphatic carbocycles. The molecule has 0 unspecified atom stereocenters. The molecule has 2 N–H and O–H groups in total. The van der Waals surface area contributed by atoms with Gasteiger partial charge in [-0.2, -0.15) is 5.10 Å². The first-order chi connectivity index (χ1) is 14.5. The van der Waals surface area contributed by atoms with E-state index in [4.69, 9.17) is 25.8 Å². The second kappa shape index (κ2) is 7.97. The average Bonchev–Trinajstić information content (AvgIpc) is 3.10. The number of phenols is 1. The van der Waals surface area contributed by atoms with Crippen LogP contribution < -0.4 is 9.47 Å². The molecule has 2 aromatic carbocycles. The number of ether oxygens (including phenoxy) is 3. The largest absolute Gasteiger partial charge is 0.506 e. The minimum Gasteiger partial charge on any atom is -0.506 e. The number of rotatable bonds is 6. The molecule has 0 radical (unpaired) electrons. The van der Waals surface area contributed by atoms with Gasteiger partial charge in [0.15, 0.2) is 23.0 Å². The monoisotopic (exact) mass is 431 g/mol. The van der Waals surface area contributed by atoms with Crippen molar-refractivity contribution in [3.05, 3.63) is 40.8 Å². The van der Waals surface area contributed by atoms with Gasteiger partial charge in [-0.1, -0.05) is 11.6 Å². The highest BCUT2D eigenvalue weighted by Crippen LogP contribution is 2.43. The first-order valence-corrected chi connectivity index (χ1v) is 9.49. The van der Waals surface area contributed by atoms with Crippen LogP contribution in [0.5, 0.6) is 17.2 Å². The van der Waals surface area contributed by atoms with Crippen molar-refractivity contribution in [2.75, 3.05) is 27.4 Å². The van der Waals surface area contributed by atoms with Crippen molar-refractivity contribution < 1.29 is 23.7 Å². The van der Waals surface area contributed by atoms with Crippen LogP contribution in [0.2, 0.25) is 5.02 Å². The molecule has 0 amide bonds. The number of aromatic hydroxyl groups is 1. The SMILES string of the molecule is COCCOc1cc2c(c(-c3ccc(O)c(Cl)c3)nc3[nH]nc(C)c32)c(F)c1OC. The third-order valence-corrected chi connectivity index (χ3v) is 5.12. The summed E-state index contributed by atoms with van der Waals surface area (Å²) in [6.07, 6.45) is 0. The number of aromatic amines is 1. The predicted molar refractivity (Wildman–Crippen MR) is 112 cm³/mol. The molecule has 7 nitrogen and oxygen atoms in total. The number of aryl methyl sites for hydroxylation is 1. The molecule has 30 heavy (non-hydrogen) atoms. The fraction of sp³-hybridized carbons (Fsp3) is 0.238. The van der Waals surface area contributed by atoms with Crippen molar-refractivity contribution >= 4 is 33.4 Å². The van der Waals surface area contributed by atoms with Gasteiger partial charge in [-0.05, 0) is 31.2 Å². The lowest BCUT2D eigenvalue weighted by Crippen LogP contribution is -2.06. The van der Waals surface area contributed by atoms with Gasteiger partial charge in [0.1, 0.15) is 12.4 Å². The minimum absolute atomic E-state index is 0.0352. The van der Waals surface area contributed by atoms with E-state index in [0.717, 1.165) is 0 Å². The zero-order valence-corrected chi connectivity index (χ0v) is 17.3. The van der Waals surface area contributed by atoms with Crippen molar-refractivity contribution in [1.29, 1.82) is 0 Å². The zero-order chi connectivity index (χ0) is 21.4. The number of fused-ring (bicyclic) bond motifs is 3. The van der Waals surface area contributed by atoms with Gasteiger partial charge in [0.25, 0.3) is 0 Å². The van der Waals surface area contributed by atoms with Crippen molar-refractivity contribution in [1.82, 2.24) is 15.2 Å². The zero-order valence-electron chi connectivity index (χ0n) is 16.5. The van der Waals surface area contributed by atoms with E-state index in [0.29, 0.717) is 40.0 Å². The van der Waals surface area contributed by atoms with Gasteiger partial charge >= 0.3 is 0 Å². The highest BCUT2D eigenvalue weighted by Gasteiger charge is 2.23. The van der Waals surface area contributed by atoms with Crippen molar-refractivity contribution in [2.45, 2.75) is 6.92 Å². The number of H-pyrrole nitrogens is 1. The number of aromatic nitrogens is 3. The van der Waals surface area contributed by atoms with E-state index in [2.05, 4.69) is 15.2 Å². The number of benzene rings is 2. The molecule has 4 rings (SSSR count). The van der Waals surface area contributed by atoms with Gasteiger partial charge in [0.2, 0.25) is 0 Å². The van der Waals surface area contributed by atoms with Gasteiger partial charge < -0.3 is 19.3 Å².